The molecule has 0 aromatic rings. The van der Waals surface area contributed by atoms with Crippen molar-refractivity contribution >= 4 is 0 Å². The van der Waals surface area contributed by atoms with E-state index in [1.807, 2.05) is 0 Å². The Balaban J connectivity index is 1.80. The topological polar surface area (TPSA) is 32.5 Å². The summed E-state index contributed by atoms with van der Waals surface area (Å²) in [6.45, 7) is 10.8. The lowest BCUT2D eigenvalue weighted by Gasteiger charge is -2.43. The summed E-state index contributed by atoms with van der Waals surface area (Å²) in [7, 11) is 0. The highest BCUT2D eigenvalue weighted by Crippen LogP contribution is 2.46. The Hall–Kier alpha value is -0.120. The molecule has 3 nitrogen and oxygen atoms in total. The highest BCUT2D eigenvalue weighted by atomic mass is 15.3. The van der Waals surface area contributed by atoms with E-state index in [1.54, 1.807) is 0 Å². The van der Waals surface area contributed by atoms with Crippen LogP contribution in [-0.2, 0) is 0 Å². The van der Waals surface area contributed by atoms with Gasteiger partial charge in [0.25, 0.3) is 0 Å². The first-order chi connectivity index (χ1) is 9.19. The number of fused-ring (bicyclic) bond motifs is 1. The molecular weight excluding hydrogens is 234 g/mol. The van der Waals surface area contributed by atoms with Crippen LogP contribution >= 0.6 is 0 Å². The third-order valence-electron chi connectivity index (χ3n) is 6.74. The lowest BCUT2D eigenvalue weighted by atomic mass is 9.81. The van der Waals surface area contributed by atoms with Crippen LogP contribution in [0.25, 0.3) is 0 Å². The molecule has 0 amide bonds. The third-order valence-corrected chi connectivity index (χ3v) is 6.74. The van der Waals surface area contributed by atoms with Gasteiger partial charge >= 0.3 is 0 Å². The summed E-state index contributed by atoms with van der Waals surface area (Å²) >= 11 is 0. The van der Waals surface area contributed by atoms with Crippen molar-refractivity contribution in [3.05, 3.63) is 0 Å². The number of hydrogen-bond acceptors (Lipinski definition) is 3. The highest BCUT2D eigenvalue weighted by Gasteiger charge is 2.54. The predicted molar refractivity (Wildman–Crippen MR) is 80.2 cm³/mol. The summed E-state index contributed by atoms with van der Waals surface area (Å²) < 4.78 is 0. The second-order valence-corrected chi connectivity index (χ2v) is 7.13. The van der Waals surface area contributed by atoms with Gasteiger partial charge in [0.05, 0.1) is 0 Å². The molecule has 0 aromatic heterocycles. The van der Waals surface area contributed by atoms with Gasteiger partial charge in [-0.15, -0.1) is 0 Å². The first kappa shape index (κ1) is 13.8. The molecule has 2 atom stereocenters. The fourth-order valence-corrected chi connectivity index (χ4v) is 5.08. The molecule has 0 bridgehead atoms. The minimum absolute atomic E-state index is 0.308. The molecule has 3 rings (SSSR count). The molecule has 2 unspecified atom stereocenters. The highest BCUT2D eigenvalue weighted by molar-refractivity contribution is 5.12. The van der Waals surface area contributed by atoms with Gasteiger partial charge in [0.2, 0.25) is 0 Å². The molecule has 3 aliphatic rings. The zero-order chi connectivity index (χ0) is 13.5. The Morgan fingerprint density at radius 1 is 1.11 bits per heavy atom. The number of nitrogens with two attached hydrogens (primary N) is 1. The van der Waals surface area contributed by atoms with Crippen molar-refractivity contribution in [3.8, 4) is 0 Å². The molecular formula is C16H31N3. The molecule has 19 heavy (non-hydrogen) atoms. The lowest BCUT2D eigenvalue weighted by Crippen LogP contribution is -2.59. The van der Waals surface area contributed by atoms with Gasteiger partial charge in [-0.3, -0.25) is 9.80 Å². The van der Waals surface area contributed by atoms with Gasteiger partial charge in [0, 0.05) is 31.2 Å². The van der Waals surface area contributed by atoms with Crippen LogP contribution in [0.4, 0.5) is 0 Å². The van der Waals surface area contributed by atoms with E-state index in [2.05, 4.69) is 23.6 Å². The van der Waals surface area contributed by atoms with Crippen LogP contribution in [0.2, 0.25) is 0 Å². The van der Waals surface area contributed by atoms with E-state index in [-0.39, 0.29) is 0 Å². The van der Waals surface area contributed by atoms with Crippen molar-refractivity contribution < 1.29 is 0 Å². The van der Waals surface area contributed by atoms with E-state index in [4.69, 9.17) is 5.73 Å². The van der Waals surface area contributed by atoms with Crippen LogP contribution in [0.3, 0.4) is 0 Å². The van der Waals surface area contributed by atoms with Crippen molar-refractivity contribution in [2.75, 3.05) is 32.7 Å². The fraction of sp³-hybridized carbons (Fsp3) is 1.00. The van der Waals surface area contributed by atoms with Crippen molar-refractivity contribution in [1.29, 1.82) is 0 Å². The van der Waals surface area contributed by atoms with Crippen LogP contribution < -0.4 is 5.73 Å². The molecule has 0 spiro atoms. The molecule has 0 aromatic carbocycles. The van der Waals surface area contributed by atoms with E-state index in [0.29, 0.717) is 11.0 Å². The van der Waals surface area contributed by atoms with E-state index in [1.165, 1.54) is 64.7 Å². The van der Waals surface area contributed by atoms with Crippen LogP contribution in [0.5, 0.6) is 0 Å². The Bertz CT molecular complexity index is 326. The first-order valence-corrected chi connectivity index (χ1v) is 8.39. The van der Waals surface area contributed by atoms with Crippen LogP contribution in [0.1, 0.15) is 52.4 Å². The minimum atomic E-state index is 0.308. The van der Waals surface area contributed by atoms with Crippen LogP contribution in [-0.4, -0.2) is 54.1 Å². The molecule has 0 saturated carbocycles. The molecule has 3 fully saturated rings. The SMILES string of the molecule is CCC1(CC)CCN(C2(CN)CCN3CCCC32)C1. The summed E-state index contributed by atoms with van der Waals surface area (Å²) in [5.41, 5.74) is 7.19. The van der Waals surface area contributed by atoms with Crippen molar-refractivity contribution in [3.63, 3.8) is 0 Å². The average molecular weight is 265 g/mol. The molecule has 2 N–H and O–H groups in total. The maximum atomic E-state index is 6.31. The second kappa shape index (κ2) is 5.01. The van der Waals surface area contributed by atoms with E-state index < -0.39 is 0 Å². The normalized spacial score (nSPS) is 39.0. The number of likely N-dealkylation sites (tertiary alicyclic amines) is 1. The van der Waals surface area contributed by atoms with Gasteiger partial charge in [0.1, 0.15) is 0 Å². The smallest absolute Gasteiger partial charge is 0.0499 e. The van der Waals surface area contributed by atoms with Gasteiger partial charge < -0.3 is 5.73 Å². The molecule has 0 aliphatic carbocycles. The van der Waals surface area contributed by atoms with Crippen LogP contribution in [0, 0.1) is 5.41 Å². The van der Waals surface area contributed by atoms with Crippen molar-refractivity contribution in [2.24, 2.45) is 11.1 Å². The Kier molecular flexibility index (Phi) is 3.65. The van der Waals surface area contributed by atoms with Crippen LogP contribution in [0.15, 0.2) is 0 Å². The summed E-state index contributed by atoms with van der Waals surface area (Å²) in [6, 6.07) is 0.752. The number of hydrogen-bond donors (Lipinski definition) is 1. The fourth-order valence-electron chi connectivity index (χ4n) is 5.08. The van der Waals surface area contributed by atoms with Crippen molar-refractivity contribution in [2.45, 2.75) is 64.0 Å². The molecule has 3 heteroatoms. The maximum absolute atomic E-state index is 6.31. The Morgan fingerprint density at radius 3 is 2.53 bits per heavy atom. The molecule has 3 aliphatic heterocycles. The summed E-state index contributed by atoms with van der Waals surface area (Å²) in [4.78, 5) is 5.51. The van der Waals surface area contributed by atoms with Gasteiger partial charge in [-0.25, -0.2) is 0 Å². The summed E-state index contributed by atoms with van der Waals surface area (Å²) in [6.07, 6.45) is 8.10. The van der Waals surface area contributed by atoms with Gasteiger partial charge in [0.15, 0.2) is 0 Å². The van der Waals surface area contributed by atoms with Gasteiger partial charge in [-0.1, -0.05) is 13.8 Å². The monoisotopic (exact) mass is 265 g/mol. The van der Waals surface area contributed by atoms with Crippen molar-refractivity contribution in [1.82, 2.24) is 9.80 Å². The quantitative estimate of drug-likeness (QED) is 0.844. The van der Waals surface area contributed by atoms with Gasteiger partial charge in [-0.05, 0) is 57.0 Å². The van der Waals surface area contributed by atoms with E-state index in [0.717, 1.165) is 12.6 Å². The zero-order valence-electron chi connectivity index (χ0n) is 12.8. The minimum Gasteiger partial charge on any atom is -0.329 e. The molecule has 3 heterocycles. The lowest BCUT2D eigenvalue weighted by molar-refractivity contribution is 0.0740. The zero-order valence-corrected chi connectivity index (χ0v) is 12.8. The first-order valence-electron chi connectivity index (χ1n) is 8.39. The van der Waals surface area contributed by atoms with Gasteiger partial charge in [-0.2, -0.15) is 0 Å². The third kappa shape index (κ3) is 1.97. The summed E-state index contributed by atoms with van der Waals surface area (Å²) in [5.74, 6) is 0. The Labute approximate surface area is 118 Å². The maximum Gasteiger partial charge on any atom is 0.0499 e. The molecule has 0 radical (unpaired) electrons. The average Bonchev–Trinajstić information content (AvgIpc) is 3.14. The Morgan fingerprint density at radius 2 is 1.89 bits per heavy atom. The van der Waals surface area contributed by atoms with E-state index >= 15 is 0 Å². The molecule has 3 saturated heterocycles. The predicted octanol–water partition coefficient (Wildman–Crippen LogP) is 2.06. The number of nitrogens with zero attached hydrogens (tertiary/aromatic N) is 2. The second-order valence-electron chi connectivity index (χ2n) is 7.13. The summed E-state index contributed by atoms with van der Waals surface area (Å²) in [5, 5.41) is 0. The number of rotatable bonds is 4. The van der Waals surface area contributed by atoms with E-state index in [9.17, 15) is 0 Å². The standard InChI is InChI=1S/C16H31N3/c1-3-15(4-2)7-11-19(13-15)16(12-17)8-10-18-9-5-6-14(16)18/h14H,3-13,17H2,1-2H3. The largest absolute Gasteiger partial charge is 0.329 e. The molecule has 110 valence electrons.